The summed E-state index contributed by atoms with van der Waals surface area (Å²) in [4.78, 5) is 41.2. The van der Waals surface area contributed by atoms with Crippen LogP contribution in [-0.4, -0.2) is 35.7 Å². The fourth-order valence-corrected chi connectivity index (χ4v) is 4.89. The Bertz CT molecular complexity index is 734. The van der Waals surface area contributed by atoms with Crippen LogP contribution in [0.15, 0.2) is 18.2 Å². The Hall–Kier alpha value is -2.17. The van der Waals surface area contributed by atoms with E-state index in [1.165, 1.54) is 10.5 Å². The van der Waals surface area contributed by atoms with Crippen molar-refractivity contribution in [1.82, 2.24) is 4.90 Å². The minimum absolute atomic E-state index is 0.00993. The average Bonchev–Trinajstić information content (AvgIpc) is 2.90. The average molecular weight is 354 g/mol. The van der Waals surface area contributed by atoms with Gasteiger partial charge in [-0.05, 0) is 43.7 Å². The van der Waals surface area contributed by atoms with Crippen LogP contribution in [0.1, 0.15) is 49.7 Å². The fourth-order valence-electron chi connectivity index (χ4n) is 4.89. The first-order valence-electron chi connectivity index (χ1n) is 9.82. The normalized spacial score (nSPS) is 25.3. The van der Waals surface area contributed by atoms with E-state index in [1.807, 2.05) is 24.0 Å². The standard InChI is InChI=1S/C21H26N2O3/c1-14-6-4-7-15-8-5-12-22(19(14)15)18(24)11-13-23-20(25)16-9-2-3-10-17(16)21(23)26/h4,6-7,16-17H,2-3,5,8-13H2,1H3/t16-,17-/m1/s1. The smallest absolute Gasteiger partial charge is 0.233 e. The van der Waals surface area contributed by atoms with E-state index >= 15 is 0 Å². The minimum Gasteiger partial charge on any atom is -0.312 e. The topological polar surface area (TPSA) is 57.7 Å². The molecule has 0 N–H and O–H groups in total. The van der Waals surface area contributed by atoms with Crippen LogP contribution in [0.5, 0.6) is 0 Å². The number of benzene rings is 1. The highest BCUT2D eigenvalue weighted by Crippen LogP contribution is 2.38. The largest absolute Gasteiger partial charge is 0.312 e. The molecular formula is C21H26N2O3. The molecule has 0 unspecified atom stereocenters. The molecule has 2 fully saturated rings. The van der Waals surface area contributed by atoms with Crippen LogP contribution >= 0.6 is 0 Å². The van der Waals surface area contributed by atoms with Crippen molar-refractivity contribution >= 4 is 23.4 Å². The molecule has 2 aliphatic heterocycles. The highest BCUT2D eigenvalue weighted by Gasteiger charge is 2.47. The highest BCUT2D eigenvalue weighted by atomic mass is 16.2. The molecule has 138 valence electrons. The van der Waals surface area contributed by atoms with Gasteiger partial charge < -0.3 is 4.90 Å². The number of para-hydroxylation sites is 1. The van der Waals surface area contributed by atoms with Crippen molar-refractivity contribution in [2.45, 2.75) is 51.9 Å². The molecule has 0 bridgehead atoms. The van der Waals surface area contributed by atoms with Crippen LogP contribution < -0.4 is 4.90 Å². The molecule has 1 saturated heterocycles. The molecule has 1 aliphatic carbocycles. The third kappa shape index (κ3) is 2.83. The van der Waals surface area contributed by atoms with E-state index in [-0.39, 0.29) is 42.5 Å². The summed E-state index contributed by atoms with van der Waals surface area (Å²) in [7, 11) is 0. The number of aryl methyl sites for hydroxylation is 2. The molecule has 2 atom stereocenters. The van der Waals surface area contributed by atoms with Crippen molar-refractivity contribution < 1.29 is 14.4 Å². The van der Waals surface area contributed by atoms with Gasteiger partial charge in [0.1, 0.15) is 0 Å². The van der Waals surface area contributed by atoms with E-state index in [9.17, 15) is 14.4 Å². The molecule has 0 aromatic heterocycles. The van der Waals surface area contributed by atoms with Gasteiger partial charge in [-0.2, -0.15) is 0 Å². The van der Waals surface area contributed by atoms with Gasteiger partial charge in [-0.1, -0.05) is 31.0 Å². The lowest BCUT2D eigenvalue weighted by Gasteiger charge is -2.31. The number of fused-ring (bicyclic) bond motifs is 2. The second kappa shape index (κ2) is 6.86. The first kappa shape index (κ1) is 17.3. The van der Waals surface area contributed by atoms with Crippen LogP contribution in [0.4, 0.5) is 5.69 Å². The van der Waals surface area contributed by atoms with Crippen molar-refractivity contribution in [2.24, 2.45) is 11.8 Å². The zero-order chi connectivity index (χ0) is 18.3. The molecule has 1 aromatic rings. The number of carbonyl (C=O) groups is 3. The summed E-state index contributed by atoms with van der Waals surface area (Å²) in [5.74, 6) is -0.366. The van der Waals surface area contributed by atoms with Crippen LogP contribution in [0.2, 0.25) is 0 Å². The van der Waals surface area contributed by atoms with Gasteiger partial charge in [0, 0.05) is 25.2 Å². The number of hydrogen-bond donors (Lipinski definition) is 0. The van der Waals surface area contributed by atoms with Gasteiger partial charge in [-0.25, -0.2) is 0 Å². The van der Waals surface area contributed by atoms with Gasteiger partial charge in [0.2, 0.25) is 17.7 Å². The Kier molecular flexibility index (Phi) is 4.55. The summed E-state index contributed by atoms with van der Waals surface area (Å²) >= 11 is 0. The quantitative estimate of drug-likeness (QED) is 0.784. The van der Waals surface area contributed by atoms with Gasteiger partial charge >= 0.3 is 0 Å². The summed E-state index contributed by atoms with van der Waals surface area (Å²) < 4.78 is 0. The van der Waals surface area contributed by atoms with Crippen molar-refractivity contribution in [3.63, 3.8) is 0 Å². The van der Waals surface area contributed by atoms with E-state index in [1.54, 1.807) is 0 Å². The van der Waals surface area contributed by atoms with E-state index < -0.39 is 0 Å². The Morgan fingerprint density at radius 3 is 2.46 bits per heavy atom. The first-order chi connectivity index (χ1) is 12.6. The second-order valence-electron chi connectivity index (χ2n) is 7.81. The minimum atomic E-state index is -0.135. The summed E-state index contributed by atoms with van der Waals surface area (Å²) in [6.45, 7) is 2.97. The van der Waals surface area contributed by atoms with Gasteiger partial charge in [0.05, 0.1) is 11.8 Å². The Labute approximate surface area is 154 Å². The number of carbonyl (C=O) groups excluding carboxylic acids is 3. The molecule has 0 radical (unpaired) electrons. The monoisotopic (exact) mass is 354 g/mol. The lowest BCUT2D eigenvalue weighted by atomic mass is 9.81. The predicted molar refractivity (Wildman–Crippen MR) is 98.6 cm³/mol. The van der Waals surface area contributed by atoms with E-state index in [0.717, 1.165) is 49.8 Å². The molecule has 26 heavy (non-hydrogen) atoms. The summed E-state index contributed by atoms with van der Waals surface area (Å²) in [5.41, 5.74) is 3.34. The van der Waals surface area contributed by atoms with Crippen molar-refractivity contribution in [3.8, 4) is 0 Å². The van der Waals surface area contributed by atoms with Crippen LogP contribution in [0.25, 0.3) is 0 Å². The molecule has 3 aliphatic rings. The maximum atomic E-state index is 12.9. The molecule has 5 nitrogen and oxygen atoms in total. The Balaban J connectivity index is 1.45. The molecule has 3 amide bonds. The predicted octanol–water partition coefficient (Wildman–Crippen LogP) is 2.84. The Morgan fingerprint density at radius 1 is 1.08 bits per heavy atom. The number of hydrogen-bond acceptors (Lipinski definition) is 3. The van der Waals surface area contributed by atoms with Crippen molar-refractivity contribution in [3.05, 3.63) is 29.3 Å². The summed E-state index contributed by atoms with van der Waals surface area (Å²) in [6, 6.07) is 6.15. The maximum absolute atomic E-state index is 12.9. The van der Waals surface area contributed by atoms with E-state index in [0.29, 0.717) is 6.54 Å². The SMILES string of the molecule is Cc1cccc2c1N(C(=O)CCN1C(=O)[C@@H]3CCCC[C@H]3C1=O)CCC2. The van der Waals surface area contributed by atoms with Gasteiger partial charge in [-0.3, -0.25) is 19.3 Å². The van der Waals surface area contributed by atoms with Gasteiger partial charge in [0.25, 0.3) is 0 Å². The lowest BCUT2D eigenvalue weighted by molar-refractivity contribution is -0.140. The van der Waals surface area contributed by atoms with Gasteiger partial charge in [-0.15, -0.1) is 0 Å². The zero-order valence-corrected chi connectivity index (χ0v) is 15.4. The molecule has 4 rings (SSSR count). The molecule has 5 heteroatoms. The Morgan fingerprint density at radius 2 is 1.77 bits per heavy atom. The fraction of sp³-hybridized carbons (Fsp3) is 0.571. The molecule has 2 heterocycles. The maximum Gasteiger partial charge on any atom is 0.233 e. The number of likely N-dealkylation sites (tertiary alicyclic amines) is 1. The first-order valence-corrected chi connectivity index (χ1v) is 9.82. The summed E-state index contributed by atoms with van der Waals surface area (Å²) in [5, 5.41) is 0. The van der Waals surface area contributed by atoms with Crippen molar-refractivity contribution in [2.75, 3.05) is 18.0 Å². The van der Waals surface area contributed by atoms with Crippen LogP contribution in [0.3, 0.4) is 0 Å². The number of imide groups is 1. The number of anilines is 1. The molecular weight excluding hydrogens is 328 g/mol. The van der Waals surface area contributed by atoms with Gasteiger partial charge in [0.15, 0.2) is 0 Å². The molecule has 1 aromatic carbocycles. The number of amides is 3. The van der Waals surface area contributed by atoms with E-state index in [2.05, 4.69) is 6.07 Å². The summed E-state index contributed by atoms with van der Waals surface area (Å²) in [6.07, 6.45) is 5.84. The zero-order valence-electron chi connectivity index (χ0n) is 15.4. The van der Waals surface area contributed by atoms with Crippen molar-refractivity contribution in [1.29, 1.82) is 0 Å². The third-order valence-corrected chi connectivity index (χ3v) is 6.20. The lowest BCUT2D eigenvalue weighted by Crippen LogP contribution is -2.39. The third-order valence-electron chi connectivity index (χ3n) is 6.20. The van der Waals surface area contributed by atoms with Crippen LogP contribution in [-0.2, 0) is 20.8 Å². The highest BCUT2D eigenvalue weighted by molar-refractivity contribution is 6.05. The molecule has 1 saturated carbocycles. The number of rotatable bonds is 3. The molecule has 0 spiro atoms. The number of nitrogens with zero attached hydrogens (tertiary/aromatic N) is 2. The van der Waals surface area contributed by atoms with Crippen LogP contribution in [0, 0.1) is 18.8 Å². The second-order valence-corrected chi connectivity index (χ2v) is 7.81. The van der Waals surface area contributed by atoms with E-state index in [4.69, 9.17) is 0 Å².